The Hall–Kier alpha value is -3.37. The van der Waals surface area contributed by atoms with Crippen LogP contribution in [0.5, 0.6) is 11.5 Å². The Kier molecular flexibility index (Phi) is 4.48. The molecule has 0 amide bonds. The van der Waals surface area contributed by atoms with Crippen molar-refractivity contribution in [2.75, 3.05) is 12.2 Å². The molecule has 7 heteroatoms. The minimum Gasteiger partial charge on any atom is -0.454 e. The minimum absolute atomic E-state index is 0.233. The average molecular weight is 376 g/mol. The second-order valence-electron chi connectivity index (χ2n) is 6.11. The summed E-state index contributed by atoms with van der Waals surface area (Å²) in [5.74, 6) is 1.43. The molecular weight excluding hydrogens is 360 g/mol. The summed E-state index contributed by atoms with van der Waals surface area (Å²) in [6, 6.07) is 13.8. The molecule has 0 bridgehead atoms. The zero-order valence-electron chi connectivity index (χ0n) is 14.8. The number of nitrogens with zero attached hydrogens (tertiary/aromatic N) is 3. The van der Waals surface area contributed by atoms with E-state index in [1.807, 2.05) is 49.6 Å². The van der Waals surface area contributed by atoms with Gasteiger partial charge in [-0.25, -0.2) is 4.98 Å². The Balaban J connectivity index is 1.58. The van der Waals surface area contributed by atoms with Crippen LogP contribution in [0, 0.1) is 25.2 Å². The second-order valence-corrected chi connectivity index (χ2v) is 6.97. The fourth-order valence-corrected chi connectivity index (χ4v) is 3.51. The first kappa shape index (κ1) is 17.1. The summed E-state index contributed by atoms with van der Waals surface area (Å²) in [6.45, 7) is 4.27. The van der Waals surface area contributed by atoms with Crippen molar-refractivity contribution in [3.05, 3.63) is 57.9 Å². The molecule has 27 heavy (non-hydrogen) atoms. The lowest BCUT2D eigenvalue weighted by Crippen LogP contribution is -2.02. The molecular formula is C20H16N4O2S. The van der Waals surface area contributed by atoms with Crippen LogP contribution >= 0.6 is 11.3 Å². The Labute approximate surface area is 160 Å². The van der Waals surface area contributed by atoms with Gasteiger partial charge in [0.15, 0.2) is 22.2 Å². The number of aromatic nitrogens is 1. The topological polar surface area (TPSA) is 79.5 Å². The van der Waals surface area contributed by atoms with Gasteiger partial charge >= 0.3 is 0 Å². The lowest BCUT2D eigenvalue weighted by Gasteiger charge is -2.05. The van der Waals surface area contributed by atoms with Crippen LogP contribution in [-0.4, -0.2) is 17.5 Å². The first-order valence-electron chi connectivity index (χ1n) is 8.31. The molecule has 0 radical (unpaired) electrons. The SMILES string of the molecule is Cc1ccc(NN=C(C#N)c2nc(-c3ccc4c(c3)OCO4)cs2)c(C)c1. The standard InChI is InChI=1S/C20H16N4O2S/c1-12-3-5-15(13(2)7-12)23-24-16(9-21)20-22-17(10-27-20)14-4-6-18-19(8-14)26-11-25-18/h3-8,10,23H,11H2,1-2H3. The van der Waals surface area contributed by atoms with E-state index in [0.717, 1.165) is 28.3 Å². The van der Waals surface area contributed by atoms with E-state index < -0.39 is 0 Å². The number of benzene rings is 2. The van der Waals surface area contributed by atoms with Crippen LogP contribution in [0.2, 0.25) is 0 Å². The van der Waals surface area contributed by atoms with Crippen LogP contribution in [0.15, 0.2) is 46.9 Å². The van der Waals surface area contributed by atoms with Gasteiger partial charge in [0.2, 0.25) is 6.79 Å². The average Bonchev–Trinajstić information content (AvgIpc) is 3.32. The third kappa shape index (κ3) is 3.48. The van der Waals surface area contributed by atoms with Crippen molar-refractivity contribution in [2.45, 2.75) is 13.8 Å². The molecule has 2 heterocycles. The van der Waals surface area contributed by atoms with Crippen LogP contribution in [0.3, 0.4) is 0 Å². The molecule has 0 unspecified atom stereocenters. The zero-order chi connectivity index (χ0) is 18.8. The minimum atomic E-state index is 0.233. The van der Waals surface area contributed by atoms with E-state index in [1.54, 1.807) is 0 Å². The maximum atomic E-state index is 9.49. The van der Waals surface area contributed by atoms with Crippen molar-refractivity contribution >= 4 is 22.7 Å². The number of nitriles is 1. The lowest BCUT2D eigenvalue weighted by atomic mass is 10.1. The molecule has 1 aliphatic heterocycles. The third-order valence-corrected chi connectivity index (χ3v) is 5.00. The summed E-state index contributed by atoms with van der Waals surface area (Å²) in [7, 11) is 0. The first-order valence-corrected chi connectivity index (χ1v) is 9.19. The molecule has 2 aromatic carbocycles. The highest BCUT2D eigenvalue weighted by atomic mass is 32.1. The number of anilines is 1. The maximum absolute atomic E-state index is 9.49. The Morgan fingerprint density at radius 2 is 2.04 bits per heavy atom. The first-order chi connectivity index (χ1) is 13.1. The Morgan fingerprint density at radius 3 is 2.85 bits per heavy atom. The summed E-state index contributed by atoms with van der Waals surface area (Å²) < 4.78 is 10.7. The van der Waals surface area contributed by atoms with Crippen LogP contribution in [-0.2, 0) is 0 Å². The highest BCUT2D eigenvalue weighted by Gasteiger charge is 2.16. The van der Waals surface area contributed by atoms with Gasteiger partial charge in [-0.15, -0.1) is 11.3 Å². The molecule has 0 aliphatic carbocycles. The van der Waals surface area contributed by atoms with Crippen LogP contribution in [0.4, 0.5) is 5.69 Å². The summed E-state index contributed by atoms with van der Waals surface area (Å²) in [6.07, 6.45) is 0. The number of hydrazone groups is 1. The number of fused-ring (bicyclic) bond motifs is 1. The summed E-state index contributed by atoms with van der Waals surface area (Å²) in [5, 5.41) is 16.2. The quantitative estimate of drug-likeness (QED) is 0.536. The van der Waals surface area contributed by atoms with Gasteiger partial charge in [0, 0.05) is 10.9 Å². The molecule has 4 rings (SSSR count). The zero-order valence-corrected chi connectivity index (χ0v) is 15.6. The number of nitrogens with one attached hydrogen (secondary N) is 1. The number of aryl methyl sites for hydroxylation is 2. The summed E-state index contributed by atoms with van der Waals surface area (Å²) >= 11 is 1.38. The van der Waals surface area contributed by atoms with Gasteiger partial charge in [0.25, 0.3) is 0 Å². The van der Waals surface area contributed by atoms with Gasteiger partial charge in [0.1, 0.15) is 6.07 Å². The molecule has 3 aromatic rings. The predicted octanol–water partition coefficient (Wildman–Crippen LogP) is 4.50. The Morgan fingerprint density at radius 1 is 1.19 bits per heavy atom. The summed E-state index contributed by atoms with van der Waals surface area (Å²) in [5.41, 5.74) is 7.99. The van der Waals surface area contributed by atoms with Gasteiger partial charge in [-0.05, 0) is 43.7 Å². The lowest BCUT2D eigenvalue weighted by molar-refractivity contribution is 0.174. The third-order valence-electron chi connectivity index (χ3n) is 4.15. The fraction of sp³-hybridized carbons (Fsp3) is 0.150. The van der Waals surface area contributed by atoms with Gasteiger partial charge in [-0.3, -0.25) is 5.43 Å². The van der Waals surface area contributed by atoms with E-state index in [-0.39, 0.29) is 12.5 Å². The monoisotopic (exact) mass is 376 g/mol. The van der Waals surface area contributed by atoms with Crippen LogP contribution in [0.1, 0.15) is 16.1 Å². The van der Waals surface area contributed by atoms with E-state index in [4.69, 9.17) is 9.47 Å². The van der Waals surface area contributed by atoms with Crippen molar-refractivity contribution < 1.29 is 9.47 Å². The number of hydrogen-bond acceptors (Lipinski definition) is 7. The highest BCUT2D eigenvalue weighted by Crippen LogP contribution is 2.36. The second kappa shape index (κ2) is 7.09. The summed E-state index contributed by atoms with van der Waals surface area (Å²) in [4.78, 5) is 4.55. The van der Waals surface area contributed by atoms with Crippen molar-refractivity contribution in [1.29, 1.82) is 5.26 Å². The van der Waals surface area contributed by atoms with Gasteiger partial charge in [0.05, 0.1) is 11.4 Å². The molecule has 0 spiro atoms. The molecule has 0 fully saturated rings. The molecule has 0 saturated carbocycles. The van der Waals surface area contributed by atoms with E-state index >= 15 is 0 Å². The van der Waals surface area contributed by atoms with Crippen molar-refractivity contribution in [3.63, 3.8) is 0 Å². The largest absolute Gasteiger partial charge is 0.454 e. The van der Waals surface area contributed by atoms with Crippen LogP contribution < -0.4 is 14.9 Å². The van der Waals surface area contributed by atoms with E-state index in [0.29, 0.717) is 10.8 Å². The van der Waals surface area contributed by atoms with Crippen molar-refractivity contribution in [2.24, 2.45) is 5.10 Å². The number of hydrogen-bond donors (Lipinski definition) is 1. The molecule has 1 N–H and O–H groups in total. The molecule has 1 aromatic heterocycles. The number of thiazole rings is 1. The van der Waals surface area contributed by atoms with E-state index in [2.05, 4.69) is 27.6 Å². The van der Waals surface area contributed by atoms with Gasteiger partial charge in [-0.1, -0.05) is 17.7 Å². The Bertz CT molecular complexity index is 1080. The molecule has 0 saturated heterocycles. The molecule has 0 atom stereocenters. The molecule has 1 aliphatic rings. The van der Waals surface area contributed by atoms with Gasteiger partial charge in [-0.2, -0.15) is 10.4 Å². The van der Waals surface area contributed by atoms with Crippen LogP contribution in [0.25, 0.3) is 11.3 Å². The van der Waals surface area contributed by atoms with E-state index in [9.17, 15) is 5.26 Å². The predicted molar refractivity (Wildman–Crippen MR) is 105 cm³/mol. The number of ether oxygens (including phenoxy) is 2. The highest BCUT2D eigenvalue weighted by molar-refractivity contribution is 7.12. The smallest absolute Gasteiger partial charge is 0.231 e. The van der Waals surface area contributed by atoms with E-state index in [1.165, 1.54) is 16.9 Å². The maximum Gasteiger partial charge on any atom is 0.231 e. The number of rotatable bonds is 4. The normalized spacial score (nSPS) is 12.7. The molecule has 134 valence electrons. The van der Waals surface area contributed by atoms with Crippen molar-refractivity contribution in [3.8, 4) is 28.8 Å². The fourth-order valence-electron chi connectivity index (χ4n) is 2.75. The molecule has 6 nitrogen and oxygen atoms in total. The van der Waals surface area contributed by atoms with Crippen molar-refractivity contribution in [1.82, 2.24) is 4.98 Å². The van der Waals surface area contributed by atoms with Gasteiger partial charge < -0.3 is 9.47 Å².